The number of hydrogen-bond acceptors (Lipinski definition) is 2. The van der Waals surface area contributed by atoms with Crippen LogP contribution in [0.15, 0.2) is 34.9 Å². The predicted molar refractivity (Wildman–Crippen MR) is 66.9 cm³/mol. The average molecular weight is 284 g/mol. The van der Waals surface area contributed by atoms with Crippen molar-refractivity contribution < 1.29 is 9.59 Å². The minimum absolute atomic E-state index is 0.0739. The minimum atomic E-state index is -0.229. The zero-order valence-corrected chi connectivity index (χ0v) is 10.7. The van der Waals surface area contributed by atoms with Crippen LogP contribution < -0.4 is 0 Å². The Morgan fingerprint density at radius 3 is 2.62 bits per heavy atom. The Morgan fingerprint density at radius 1 is 1.38 bits per heavy atom. The van der Waals surface area contributed by atoms with Gasteiger partial charge in [-0.1, -0.05) is 34.2 Å². The Hall–Kier alpha value is -1.16. The van der Waals surface area contributed by atoms with Gasteiger partial charge in [0.2, 0.25) is 5.91 Å². The summed E-state index contributed by atoms with van der Waals surface area (Å²) in [5.41, 5.74) is 1.05. The molecule has 0 aromatic rings. The van der Waals surface area contributed by atoms with Crippen molar-refractivity contribution in [3.8, 4) is 0 Å². The molecular formula is C12H14BrNO2. The molecule has 0 aliphatic carbocycles. The maximum atomic E-state index is 11.5. The van der Waals surface area contributed by atoms with Crippen molar-refractivity contribution >= 4 is 27.7 Å². The van der Waals surface area contributed by atoms with E-state index in [0.717, 1.165) is 12.0 Å². The number of amides is 2. The molecule has 1 fully saturated rings. The molecule has 3 nitrogen and oxygen atoms in total. The van der Waals surface area contributed by atoms with Gasteiger partial charge in [0.25, 0.3) is 5.91 Å². The summed E-state index contributed by atoms with van der Waals surface area (Å²) in [6, 6.07) is 0. The summed E-state index contributed by atoms with van der Waals surface area (Å²) < 4.78 is 0. The number of hydrogen-bond donors (Lipinski definition) is 0. The van der Waals surface area contributed by atoms with Crippen LogP contribution in [0, 0.1) is 0 Å². The van der Waals surface area contributed by atoms with E-state index in [0.29, 0.717) is 13.0 Å². The van der Waals surface area contributed by atoms with E-state index in [9.17, 15) is 9.59 Å². The van der Waals surface area contributed by atoms with Gasteiger partial charge < -0.3 is 0 Å². The molecule has 0 aromatic carbocycles. The van der Waals surface area contributed by atoms with Crippen molar-refractivity contribution in [2.24, 2.45) is 0 Å². The smallest absolute Gasteiger partial charge is 0.253 e. The van der Waals surface area contributed by atoms with E-state index in [1.54, 1.807) is 17.1 Å². The lowest BCUT2D eigenvalue weighted by atomic mass is 10.3. The van der Waals surface area contributed by atoms with Gasteiger partial charge in [-0.2, -0.15) is 0 Å². The molecule has 0 spiro atoms. The van der Waals surface area contributed by atoms with E-state index < -0.39 is 0 Å². The summed E-state index contributed by atoms with van der Waals surface area (Å²) in [7, 11) is 0. The molecule has 0 aromatic heterocycles. The van der Waals surface area contributed by atoms with Crippen LogP contribution in [0.3, 0.4) is 0 Å². The fourth-order valence-electron chi connectivity index (χ4n) is 1.35. The lowest BCUT2D eigenvalue weighted by Crippen LogP contribution is -2.30. The molecule has 0 bridgehead atoms. The summed E-state index contributed by atoms with van der Waals surface area (Å²) in [5.74, 6) is -0.303. The van der Waals surface area contributed by atoms with Gasteiger partial charge in [0.05, 0.1) is 0 Å². The third kappa shape index (κ3) is 3.77. The number of halogens is 1. The Balaban J connectivity index is 2.48. The number of allylic oxidation sites excluding steroid dienone is 4. The summed E-state index contributed by atoms with van der Waals surface area (Å²) in [6.45, 7) is 2.48. The predicted octanol–water partition coefficient (Wildman–Crippen LogP) is 2.55. The third-order valence-electron chi connectivity index (χ3n) is 2.22. The molecule has 0 N–H and O–H groups in total. The van der Waals surface area contributed by atoms with E-state index in [1.165, 1.54) is 11.0 Å². The second kappa shape index (κ2) is 6.43. The van der Waals surface area contributed by atoms with E-state index in [4.69, 9.17) is 0 Å². The molecular weight excluding hydrogens is 270 g/mol. The molecule has 4 heteroatoms. The van der Waals surface area contributed by atoms with Crippen LogP contribution in [0.5, 0.6) is 0 Å². The maximum absolute atomic E-state index is 11.5. The van der Waals surface area contributed by atoms with Crippen molar-refractivity contribution in [2.75, 3.05) is 6.54 Å². The van der Waals surface area contributed by atoms with Crippen LogP contribution in [0.25, 0.3) is 0 Å². The van der Waals surface area contributed by atoms with Crippen LogP contribution in [-0.4, -0.2) is 23.3 Å². The Morgan fingerprint density at radius 2 is 2.06 bits per heavy atom. The third-order valence-corrected chi connectivity index (χ3v) is 2.94. The van der Waals surface area contributed by atoms with Crippen molar-refractivity contribution in [3.63, 3.8) is 0 Å². The first kappa shape index (κ1) is 12.9. The van der Waals surface area contributed by atoms with Crippen LogP contribution in [0.2, 0.25) is 0 Å². The number of likely N-dealkylation sites (tertiary alicyclic amines) is 1. The van der Waals surface area contributed by atoms with Crippen molar-refractivity contribution in [2.45, 2.75) is 19.8 Å². The lowest BCUT2D eigenvalue weighted by Gasteiger charge is -2.09. The Kier molecular flexibility index (Phi) is 5.19. The molecule has 0 unspecified atom stereocenters. The molecule has 1 aliphatic heterocycles. The molecule has 1 rings (SSSR count). The molecule has 0 radical (unpaired) electrons. The number of carbonyl (C=O) groups is 2. The average Bonchev–Trinajstić information content (AvgIpc) is 2.70. The highest BCUT2D eigenvalue weighted by Crippen LogP contribution is 2.09. The maximum Gasteiger partial charge on any atom is 0.253 e. The van der Waals surface area contributed by atoms with Gasteiger partial charge in [-0.25, -0.2) is 0 Å². The quantitative estimate of drug-likeness (QED) is 0.590. The van der Waals surface area contributed by atoms with Crippen molar-refractivity contribution in [1.82, 2.24) is 4.90 Å². The number of carbonyl (C=O) groups excluding carboxylic acids is 2. The SMILES string of the molecule is CC(/C=C/C=C/C(=O)N1CCCC1=O)=C\Br. The molecule has 16 heavy (non-hydrogen) atoms. The molecule has 0 atom stereocenters. The Bertz CT molecular complexity index is 369. The van der Waals surface area contributed by atoms with Crippen LogP contribution >= 0.6 is 15.9 Å². The summed E-state index contributed by atoms with van der Waals surface area (Å²) in [4.78, 5) is 25.9. The summed E-state index contributed by atoms with van der Waals surface area (Å²) in [5, 5.41) is 0. The zero-order valence-electron chi connectivity index (χ0n) is 9.15. The second-order valence-electron chi connectivity index (χ2n) is 3.56. The highest BCUT2D eigenvalue weighted by Gasteiger charge is 2.24. The fraction of sp³-hybridized carbons (Fsp3) is 0.333. The van der Waals surface area contributed by atoms with Gasteiger partial charge in [0.1, 0.15) is 0 Å². The van der Waals surface area contributed by atoms with E-state index >= 15 is 0 Å². The summed E-state index contributed by atoms with van der Waals surface area (Å²) >= 11 is 3.20. The van der Waals surface area contributed by atoms with Gasteiger partial charge in [0, 0.05) is 19.0 Å². The normalized spacial score (nSPS) is 18.0. The number of rotatable bonds is 3. The van der Waals surface area contributed by atoms with Crippen molar-refractivity contribution in [3.05, 3.63) is 34.9 Å². The van der Waals surface area contributed by atoms with Crippen LogP contribution in [0.4, 0.5) is 0 Å². The Labute approximate surface area is 104 Å². The van der Waals surface area contributed by atoms with E-state index in [1.807, 2.05) is 13.0 Å². The monoisotopic (exact) mass is 283 g/mol. The molecule has 1 aliphatic rings. The highest BCUT2D eigenvalue weighted by molar-refractivity contribution is 9.11. The van der Waals surface area contributed by atoms with Gasteiger partial charge in [-0.05, 0) is 23.9 Å². The minimum Gasteiger partial charge on any atom is -0.279 e. The van der Waals surface area contributed by atoms with Gasteiger partial charge in [-0.15, -0.1) is 0 Å². The van der Waals surface area contributed by atoms with Crippen LogP contribution in [0.1, 0.15) is 19.8 Å². The highest BCUT2D eigenvalue weighted by atomic mass is 79.9. The van der Waals surface area contributed by atoms with E-state index in [2.05, 4.69) is 15.9 Å². The molecule has 86 valence electrons. The second-order valence-corrected chi connectivity index (χ2v) is 4.02. The number of nitrogens with zero attached hydrogens (tertiary/aromatic N) is 1. The first-order valence-electron chi connectivity index (χ1n) is 5.11. The van der Waals surface area contributed by atoms with Gasteiger partial charge in [0.15, 0.2) is 0 Å². The van der Waals surface area contributed by atoms with Crippen LogP contribution in [-0.2, 0) is 9.59 Å². The fourth-order valence-corrected chi connectivity index (χ4v) is 1.51. The molecule has 2 amide bonds. The molecule has 1 saturated heterocycles. The van der Waals surface area contributed by atoms with Crippen molar-refractivity contribution in [1.29, 1.82) is 0 Å². The topological polar surface area (TPSA) is 37.4 Å². The first-order chi connectivity index (χ1) is 7.65. The zero-order chi connectivity index (χ0) is 12.0. The number of imide groups is 1. The molecule has 1 heterocycles. The van der Waals surface area contributed by atoms with Gasteiger partial charge >= 0.3 is 0 Å². The summed E-state index contributed by atoms with van der Waals surface area (Å²) in [6.07, 6.45) is 7.96. The van der Waals surface area contributed by atoms with Gasteiger partial charge in [-0.3, -0.25) is 14.5 Å². The van der Waals surface area contributed by atoms with E-state index in [-0.39, 0.29) is 11.8 Å². The lowest BCUT2D eigenvalue weighted by molar-refractivity contribution is -0.138. The largest absolute Gasteiger partial charge is 0.279 e. The standard InChI is InChI=1S/C12H14BrNO2/c1-10(9-13)5-2-3-6-11(15)14-8-4-7-12(14)16/h2-3,5-6,9H,4,7-8H2,1H3/b5-2+,6-3+,10-9+. The first-order valence-corrected chi connectivity index (χ1v) is 6.03. The molecule has 0 saturated carbocycles.